The van der Waals surface area contributed by atoms with Gasteiger partial charge in [-0.25, -0.2) is 15.0 Å². The number of amides is 1. The molecule has 1 atom stereocenters. The Balaban J connectivity index is 1.63. The Kier molecular flexibility index (Phi) is 5.27. The monoisotopic (exact) mass is 328 g/mol. The van der Waals surface area contributed by atoms with Gasteiger partial charge in [-0.15, -0.1) is 0 Å². The van der Waals surface area contributed by atoms with Gasteiger partial charge in [0.25, 0.3) is 0 Å². The molecule has 0 saturated carbocycles. The molecule has 0 spiro atoms. The topological polar surface area (TPSA) is 93.1 Å². The number of anilines is 2. The van der Waals surface area contributed by atoms with Crippen LogP contribution in [-0.4, -0.2) is 57.5 Å². The lowest BCUT2D eigenvalue weighted by Crippen LogP contribution is -2.41. The molecule has 0 unspecified atom stereocenters. The summed E-state index contributed by atoms with van der Waals surface area (Å²) in [6, 6.07) is 1.75. The highest BCUT2D eigenvalue weighted by atomic mass is 16.5. The summed E-state index contributed by atoms with van der Waals surface area (Å²) in [6.45, 7) is 1.56. The lowest BCUT2D eigenvalue weighted by molar-refractivity contribution is -0.136. The van der Waals surface area contributed by atoms with E-state index in [1.807, 2.05) is 4.90 Å². The van der Waals surface area contributed by atoms with Crippen molar-refractivity contribution in [3.63, 3.8) is 0 Å². The van der Waals surface area contributed by atoms with E-state index in [2.05, 4.69) is 25.3 Å². The maximum Gasteiger partial charge on any atom is 0.248 e. The van der Waals surface area contributed by atoms with E-state index >= 15 is 0 Å². The van der Waals surface area contributed by atoms with Crippen molar-refractivity contribution in [1.29, 1.82) is 0 Å². The summed E-state index contributed by atoms with van der Waals surface area (Å²) in [5.74, 6) is 1.30. The van der Waals surface area contributed by atoms with Crippen LogP contribution in [-0.2, 0) is 9.53 Å². The van der Waals surface area contributed by atoms with E-state index < -0.39 is 0 Å². The van der Waals surface area contributed by atoms with Crippen LogP contribution in [0.3, 0.4) is 0 Å². The summed E-state index contributed by atoms with van der Waals surface area (Å²) in [5.41, 5.74) is 0.893. The quantitative estimate of drug-likeness (QED) is 0.885. The van der Waals surface area contributed by atoms with E-state index in [0.29, 0.717) is 18.3 Å². The molecule has 0 aliphatic carbocycles. The molecule has 1 saturated heterocycles. The Hall–Kier alpha value is -2.61. The number of nitrogens with one attached hydrogen (secondary N) is 1. The summed E-state index contributed by atoms with van der Waals surface area (Å²) in [7, 11) is 1.53. The number of hydrogen-bond acceptors (Lipinski definition) is 7. The molecule has 3 heterocycles. The van der Waals surface area contributed by atoms with Crippen molar-refractivity contribution in [2.75, 3.05) is 32.1 Å². The normalized spacial score (nSPS) is 17.5. The average molecular weight is 328 g/mol. The van der Waals surface area contributed by atoms with Gasteiger partial charge in [0.2, 0.25) is 11.9 Å². The van der Waals surface area contributed by atoms with Crippen LogP contribution in [0.1, 0.15) is 24.5 Å². The molecule has 1 aliphatic rings. The van der Waals surface area contributed by atoms with Crippen molar-refractivity contribution in [1.82, 2.24) is 24.8 Å². The summed E-state index contributed by atoms with van der Waals surface area (Å²) < 4.78 is 4.93. The van der Waals surface area contributed by atoms with Gasteiger partial charge in [0, 0.05) is 38.5 Å². The number of carbonyl (C=O) groups is 1. The van der Waals surface area contributed by atoms with Gasteiger partial charge in [0.15, 0.2) is 5.82 Å². The highest BCUT2D eigenvalue weighted by molar-refractivity contribution is 5.77. The second-order valence-corrected chi connectivity index (χ2v) is 5.64. The largest absolute Gasteiger partial charge is 0.375 e. The zero-order valence-corrected chi connectivity index (χ0v) is 13.6. The SMILES string of the molecule is COCC(=O)N1CCC[C@@H](c2cnc(Nc3ncccn3)cn2)C1. The summed E-state index contributed by atoms with van der Waals surface area (Å²) >= 11 is 0. The third-order valence-electron chi connectivity index (χ3n) is 3.94. The van der Waals surface area contributed by atoms with Crippen molar-refractivity contribution < 1.29 is 9.53 Å². The first-order valence-electron chi connectivity index (χ1n) is 7.89. The molecule has 0 aromatic carbocycles. The smallest absolute Gasteiger partial charge is 0.248 e. The van der Waals surface area contributed by atoms with E-state index in [1.165, 1.54) is 7.11 Å². The van der Waals surface area contributed by atoms with Gasteiger partial charge in [0.05, 0.1) is 18.1 Å². The van der Waals surface area contributed by atoms with E-state index in [1.54, 1.807) is 30.9 Å². The third-order valence-corrected chi connectivity index (χ3v) is 3.94. The van der Waals surface area contributed by atoms with Crippen LogP contribution in [0.2, 0.25) is 0 Å². The highest BCUT2D eigenvalue weighted by Gasteiger charge is 2.25. The van der Waals surface area contributed by atoms with Gasteiger partial charge >= 0.3 is 0 Å². The zero-order chi connectivity index (χ0) is 16.8. The predicted molar refractivity (Wildman–Crippen MR) is 87.8 cm³/mol. The average Bonchev–Trinajstić information content (AvgIpc) is 2.63. The first-order valence-corrected chi connectivity index (χ1v) is 7.89. The minimum absolute atomic E-state index is 0.0228. The molecule has 8 heteroatoms. The minimum Gasteiger partial charge on any atom is -0.375 e. The number of nitrogens with zero attached hydrogens (tertiary/aromatic N) is 5. The fraction of sp³-hybridized carbons (Fsp3) is 0.438. The zero-order valence-electron chi connectivity index (χ0n) is 13.6. The molecule has 1 aliphatic heterocycles. The molecule has 0 radical (unpaired) electrons. The Labute approximate surface area is 140 Å². The molecule has 126 valence electrons. The number of aromatic nitrogens is 4. The molecule has 24 heavy (non-hydrogen) atoms. The molecule has 8 nitrogen and oxygen atoms in total. The van der Waals surface area contributed by atoms with Gasteiger partial charge in [-0.2, -0.15) is 0 Å². The van der Waals surface area contributed by atoms with Crippen molar-refractivity contribution in [2.24, 2.45) is 0 Å². The van der Waals surface area contributed by atoms with Crippen molar-refractivity contribution in [2.45, 2.75) is 18.8 Å². The van der Waals surface area contributed by atoms with Gasteiger partial charge in [-0.1, -0.05) is 0 Å². The number of carbonyl (C=O) groups excluding carboxylic acids is 1. The summed E-state index contributed by atoms with van der Waals surface area (Å²) in [6.07, 6.45) is 8.69. The molecule has 2 aromatic rings. The molecular formula is C16H20N6O2. The minimum atomic E-state index is 0.0228. The number of rotatable bonds is 5. The van der Waals surface area contributed by atoms with Crippen LogP contribution in [0.4, 0.5) is 11.8 Å². The van der Waals surface area contributed by atoms with Crippen molar-refractivity contribution >= 4 is 17.7 Å². The van der Waals surface area contributed by atoms with Crippen LogP contribution < -0.4 is 5.32 Å². The van der Waals surface area contributed by atoms with Gasteiger partial charge in [0.1, 0.15) is 6.61 Å². The standard InChI is InChI=1S/C16H20N6O2/c1-24-11-15(23)22-7-2-4-12(10-22)13-8-20-14(9-19-13)21-16-17-5-3-6-18-16/h3,5-6,8-9,12H,2,4,7,10-11H2,1H3,(H,17,18,20,21)/t12-/m1/s1. The summed E-state index contributed by atoms with van der Waals surface area (Å²) in [5, 5.41) is 3.00. The maximum atomic E-state index is 12.0. The Morgan fingerprint density at radius 3 is 2.83 bits per heavy atom. The molecule has 3 rings (SSSR count). The number of ether oxygens (including phenoxy) is 1. The van der Waals surface area contributed by atoms with Crippen molar-refractivity contribution in [3.05, 3.63) is 36.5 Å². The lowest BCUT2D eigenvalue weighted by Gasteiger charge is -2.32. The van der Waals surface area contributed by atoms with Crippen molar-refractivity contribution in [3.8, 4) is 0 Å². The molecule has 1 N–H and O–H groups in total. The van der Waals surface area contributed by atoms with E-state index in [4.69, 9.17) is 4.74 Å². The lowest BCUT2D eigenvalue weighted by atomic mass is 9.95. The Morgan fingerprint density at radius 1 is 1.29 bits per heavy atom. The third kappa shape index (κ3) is 4.02. The fourth-order valence-electron chi connectivity index (χ4n) is 2.75. The van der Waals surface area contributed by atoms with Crippen LogP contribution >= 0.6 is 0 Å². The second-order valence-electron chi connectivity index (χ2n) is 5.64. The molecule has 0 bridgehead atoms. The predicted octanol–water partition coefficient (Wildman–Crippen LogP) is 1.36. The summed E-state index contributed by atoms with van der Waals surface area (Å²) in [4.78, 5) is 30.8. The number of likely N-dealkylation sites (tertiary alicyclic amines) is 1. The maximum absolute atomic E-state index is 12.0. The van der Waals surface area contributed by atoms with E-state index in [-0.39, 0.29) is 18.4 Å². The molecule has 1 amide bonds. The molecular weight excluding hydrogens is 308 g/mol. The van der Waals surface area contributed by atoms with Gasteiger partial charge in [-0.05, 0) is 18.9 Å². The number of hydrogen-bond donors (Lipinski definition) is 1. The number of methoxy groups -OCH3 is 1. The highest BCUT2D eigenvalue weighted by Crippen LogP contribution is 2.25. The van der Waals surface area contributed by atoms with Crippen LogP contribution in [0.15, 0.2) is 30.9 Å². The van der Waals surface area contributed by atoms with E-state index in [0.717, 1.165) is 25.1 Å². The Morgan fingerprint density at radius 2 is 2.12 bits per heavy atom. The van der Waals surface area contributed by atoms with Gasteiger partial charge in [-0.3, -0.25) is 9.78 Å². The van der Waals surface area contributed by atoms with Crippen LogP contribution in [0.5, 0.6) is 0 Å². The van der Waals surface area contributed by atoms with E-state index in [9.17, 15) is 4.79 Å². The van der Waals surface area contributed by atoms with Crippen LogP contribution in [0, 0.1) is 0 Å². The first-order chi connectivity index (χ1) is 11.8. The van der Waals surface area contributed by atoms with Crippen LogP contribution in [0.25, 0.3) is 0 Å². The number of piperidine rings is 1. The fourth-order valence-corrected chi connectivity index (χ4v) is 2.75. The molecule has 1 fully saturated rings. The second kappa shape index (κ2) is 7.78. The first kappa shape index (κ1) is 16.3. The molecule has 2 aromatic heterocycles. The Bertz CT molecular complexity index is 664. The van der Waals surface area contributed by atoms with Gasteiger partial charge < -0.3 is 15.0 Å².